The second-order valence-electron chi connectivity index (χ2n) is 4.98. The minimum Gasteiger partial charge on any atom is -0.351 e. The standard InChI is InChI=1S/C14H17N3O2S/c18-14(13-3-6-15-19-13)16-11-4-7-17(8-5-11)10-12-2-1-9-20-12/h1-3,6,9,11H,4-5,7-8,10H2,(H,16,18). The van der Waals surface area contributed by atoms with Crippen LogP contribution in [0.2, 0.25) is 0 Å². The minimum atomic E-state index is -0.167. The van der Waals surface area contributed by atoms with E-state index >= 15 is 0 Å². The van der Waals surface area contributed by atoms with Gasteiger partial charge in [0.2, 0.25) is 5.76 Å². The molecule has 1 N–H and O–H groups in total. The summed E-state index contributed by atoms with van der Waals surface area (Å²) >= 11 is 1.80. The van der Waals surface area contributed by atoms with Gasteiger partial charge in [-0.1, -0.05) is 11.2 Å². The Morgan fingerprint density at radius 2 is 2.30 bits per heavy atom. The molecule has 1 saturated heterocycles. The molecule has 0 saturated carbocycles. The van der Waals surface area contributed by atoms with Crippen LogP contribution in [0.15, 0.2) is 34.3 Å². The number of carbonyl (C=O) groups is 1. The summed E-state index contributed by atoms with van der Waals surface area (Å²) in [7, 11) is 0. The highest BCUT2D eigenvalue weighted by Crippen LogP contribution is 2.17. The smallest absolute Gasteiger partial charge is 0.290 e. The van der Waals surface area contributed by atoms with Crippen molar-refractivity contribution in [3.05, 3.63) is 40.4 Å². The normalized spacial score (nSPS) is 17.2. The van der Waals surface area contributed by atoms with E-state index in [0.717, 1.165) is 32.5 Å². The van der Waals surface area contributed by atoms with Crippen LogP contribution in [-0.2, 0) is 6.54 Å². The van der Waals surface area contributed by atoms with E-state index in [4.69, 9.17) is 4.52 Å². The summed E-state index contributed by atoms with van der Waals surface area (Å²) in [5.41, 5.74) is 0. The molecule has 1 aliphatic heterocycles. The molecular formula is C14H17N3O2S. The lowest BCUT2D eigenvalue weighted by molar-refractivity contribution is 0.0872. The maximum absolute atomic E-state index is 11.9. The van der Waals surface area contributed by atoms with Crippen molar-refractivity contribution in [3.8, 4) is 0 Å². The Morgan fingerprint density at radius 3 is 2.95 bits per heavy atom. The van der Waals surface area contributed by atoms with Crippen molar-refractivity contribution in [2.45, 2.75) is 25.4 Å². The van der Waals surface area contributed by atoms with Gasteiger partial charge in [0.1, 0.15) is 0 Å². The topological polar surface area (TPSA) is 58.4 Å². The SMILES string of the molecule is O=C(NC1CCN(Cc2cccs2)CC1)c1ccno1. The number of hydrogen-bond donors (Lipinski definition) is 1. The number of hydrogen-bond acceptors (Lipinski definition) is 5. The third-order valence-corrected chi connectivity index (χ3v) is 4.41. The van der Waals surface area contributed by atoms with E-state index in [2.05, 4.69) is 32.9 Å². The van der Waals surface area contributed by atoms with Gasteiger partial charge >= 0.3 is 0 Å². The van der Waals surface area contributed by atoms with E-state index in [9.17, 15) is 4.79 Å². The first-order chi connectivity index (χ1) is 9.81. The van der Waals surface area contributed by atoms with Crippen LogP contribution >= 0.6 is 11.3 Å². The van der Waals surface area contributed by atoms with Crippen LogP contribution in [0.4, 0.5) is 0 Å². The molecule has 1 aliphatic rings. The molecule has 20 heavy (non-hydrogen) atoms. The van der Waals surface area contributed by atoms with Crippen LogP contribution in [0.5, 0.6) is 0 Å². The number of aromatic nitrogens is 1. The molecule has 1 fully saturated rings. The number of rotatable bonds is 4. The third-order valence-electron chi connectivity index (χ3n) is 3.54. The molecular weight excluding hydrogens is 274 g/mol. The Labute approximate surface area is 121 Å². The molecule has 5 nitrogen and oxygen atoms in total. The Kier molecular flexibility index (Phi) is 4.13. The number of piperidine rings is 1. The van der Waals surface area contributed by atoms with E-state index in [0.29, 0.717) is 0 Å². The Morgan fingerprint density at radius 1 is 1.45 bits per heavy atom. The van der Waals surface area contributed by atoms with Gasteiger partial charge in [-0.3, -0.25) is 9.69 Å². The highest BCUT2D eigenvalue weighted by molar-refractivity contribution is 7.09. The third kappa shape index (κ3) is 3.26. The average molecular weight is 291 g/mol. The molecule has 0 unspecified atom stereocenters. The number of nitrogens with zero attached hydrogens (tertiary/aromatic N) is 2. The predicted octanol–water partition coefficient (Wildman–Crippen LogP) is 2.13. The number of nitrogens with one attached hydrogen (secondary N) is 1. The van der Waals surface area contributed by atoms with Gasteiger partial charge < -0.3 is 9.84 Å². The van der Waals surface area contributed by atoms with Gasteiger partial charge in [-0.05, 0) is 24.3 Å². The van der Waals surface area contributed by atoms with Gasteiger partial charge in [0.05, 0.1) is 6.20 Å². The Bertz CT molecular complexity index is 531. The van der Waals surface area contributed by atoms with Crippen LogP contribution in [0.1, 0.15) is 28.3 Å². The number of thiophene rings is 1. The molecule has 3 heterocycles. The fourth-order valence-corrected chi connectivity index (χ4v) is 3.19. The Hall–Kier alpha value is -1.66. The largest absolute Gasteiger partial charge is 0.351 e. The zero-order valence-corrected chi connectivity index (χ0v) is 11.9. The van der Waals surface area contributed by atoms with Crippen LogP contribution in [-0.4, -0.2) is 35.1 Å². The number of likely N-dealkylation sites (tertiary alicyclic amines) is 1. The van der Waals surface area contributed by atoms with E-state index in [1.165, 1.54) is 11.1 Å². The summed E-state index contributed by atoms with van der Waals surface area (Å²) in [5.74, 6) is 0.116. The first-order valence-corrected chi connectivity index (χ1v) is 7.65. The van der Waals surface area contributed by atoms with E-state index < -0.39 is 0 Å². The fraction of sp³-hybridized carbons (Fsp3) is 0.429. The van der Waals surface area contributed by atoms with Crippen molar-refractivity contribution in [2.24, 2.45) is 0 Å². The van der Waals surface area contributed by atoms with Crippen molar-refractivity contribution < 1.29 is 9.32 Å². The summed E-state index contributed by atoms with van der Waals surface area (Å²) < 4.78 is 4.86. The highest BCUT2D eigenvalue weighted by Gasteiger charge is 2.22. The lowest BCUT2D eigenvalue weighted by Gasteiger charge is -2.31. The van der Waals surface area contributed by atoms with Crippen LogP contribution < -0.4 is 5.32 Å². The molecule has 0 radical (unpaired) electrons. The van der Waals surface area contributed by atoms with Crippen molar-refractivity contribution in [3.63, 3.8) is 0 Å². The molecule has 0 aromatic carbocycles. The molecule has 6 heteroatoms. The lowest BCUT2D eigenvalue weighted by atomic mass is 10.0. The number of carbonyl (C=O) groups excluding carboxylic acids is 1. The van der Waals surface area contributed by atoms with Crippen molar-refractivity contribution >= 4 is 17.2 Å². The van der Waals surface area contributed by atoms with E-state index in [1.807, 2.05) is 0 Å². The van der Waals surface area contributed by atoms with Gasteiger partial charge in [-0.25, -0.2) is 0 Å². The van der Waals surface area contributed by atoms with Gasteiger partial charge in [0.15, 0.2) is 0 Å². The Balaban J connectivity index is 1.45. The van der Waals surface area contributed by atoms with Crippen LogP contribution in [0.25, 0.3) is 0 Å². The lowest BCUT2D eigenvalue weighted by Crippen LogP contribution is -2.44. The summed E-state index contributed by atoms with van der Waals surface area (Å²) in [6, 6.07) is 6.07. The average Bonchev–Trinajstić information content (AvgIpc) is 3.13. The summed E-state index contributed by atoms with van der Waals surface area (Å²) in [6.07, 6.45) is 3.44. The van der Waals surface area contributed by atoms with Gasteiger partial charge in [0.25, 0.3) is 5.91 Å². The van der Waals surface area contributed by atoms with Crippen LogP contribution in [0, 0.1) is 0 Å². The summed E-state index contributed by atoms with van der Waals surface area (Å²) in [5, 5.41) is 8.66. The first-order valence-electron chi connectivity index (χ1n) is 6.77. The predicted molar refractivity (Wildman–Crippen MR) is 76.6 cm³/mol. The monoisotopic (exact) mass is 291 g/mol. The fourth-order valence-electron chi connectivity index (χ4n) is 2.45. The molecule has 0 atom stereocenters. The van der Waals surface area contributed by atoms with E-state index in [1.54, 1.807) is 17.4 Å². The number of amides is 1. The molecule has 0 spiro atoms. The molecule has 1 amide bonds. The summed E-state index contributed by atoms with van der Waals surface area (Å²) in [4.78, 5) is 15.7. The first kappa shape index (κ1) is 13.3. The van der Waals surface area contributed by atoms with E-state index in [-0.39, 0.29) is 17.7 Å². The van der Waals surface area contributed by atoms with Gasteiger partial charge in [-0.2, -0.15) is 0 Å². The molecule has 2 aromatic rings. The van der Waals surface area contributed by atoms with Crippen molar-refractivity contribution in [1.29, 1.82) is 0 Å². The van der Waals surface area contributed by atoms with Crippen molar-refractivity contribution in [2.75, 3.05) is 13.1 Å². The zero-order valence-electron chi connectivity index (χ0n) is 11.1. The van der Waals surface area contributed by atoms with Gasteiger partial charge in [0, 0.05) is 36.6 Å². The second kappa shape index (κ2) is 6.19. The minimum absolute atomic E-state index is 0.167. The van der Waals surface area contributed by atoms with Crippen LogP contribution in [0.3, 0.4) is 0 Å². The second-order valence-corrected chi connectivity index (χ2v) is 6.01. The molecule has 0 aliphatic carbocycles. The molecule has 2 aromatic heterocycles. The van der Waals surface area contributed by atoms with Crippen molar-refractivity contribution in [1.82, 2.24) is 15.4 Å². The molecule has 3 rings (SSSR count). The summed E-state index contributed by atoms with van der Waals surface area (Å²) in [6.45, 7) is 3.04. The highest BCUT2D eigenvalue weighted by atomic mass is 32.1. The van der Waals surface area contributed by atoms with Gasteiger partial charge in [-0.15, -0.1) is 11.3 Å². The molecule has 106 valence electrons. The zero-order chi connectivity index (χ0) is 13.8. The maximum atomic E-state index is 11.9. The quantitative estimate of drug-likeness (QED) is 0.937. The maximum Gasteiger partial charge on any atom is 0.290 e. The molecule has 0 bridgehead atoms.